The summed E-state index contributed by atoms with van der Waals surface area (Å²) in [5, 5.41) is -0.916. The van der Waals surface area contributed by atoms with Gasteiger partial charge in [-0.3, -0.25) is 4.55 Å². The van der Waals surface area contributed by atoms with E-state index in [1.54, 1.807) is 21.0 Å². The second-order valence-corrected chi connectivity index (χ2v) is 6.75. The molecule has 0 aromatic rings. The van der Waals surface area contributed by atoms with Crippen molar-refractivity contribution < 1.29 is 27.0 Å². The van der Waals surface area contributed by atoms with E-state index in [4.69, 9.17) is 4.74 Å². The van der Waals surface area contributed by atoms with Gasteiger partial charge >= 0.3 is 16.1 Å². The van der Waals surface area contributed by atoms with Crippen molar-refractivity contribution in [2.75, 3.05) is 27.2 Å². The first-order valence-electron chi connectivity index (χ1n) is 6.14. The fraction of sp³-hybridized carbons (Fsp3) is 0.750. The average molecular weight is 294 g/mol. The van der Waals surface area contributed by atoms with Gasteiger partial charge in [-0.2, -0.15) is 8.42 Å². The molecule has 0 aromatic carbocycles. The van der Waals surface area contributed by atoms with Gasteiger partial charge in [-0.1, -0.05) is 13.5 Å². The maximum absolute atomic E-state index is 11.4. The standard InChI is InChI=1S/C12H23NO5S/c1-6-7-11(19(15,16)17)13(4,5)8-9-18-12(14)10(2)3/h11H,2,6-9H2,1,3-5H3/p+1. The minimum atomic E-state index is -4.14. The second kappa shape index (κ2) is 7.02. The molecule has 0 aliphatic carbocycles. The number of likely N-dealkylation sites (N-methyl/N-ethyl adjacent to an activating group) is 1. The predicted octanol–water partition coefficient (Wildman–Crippen LogP) is 1.20. The summed E-state index contributed by atoms with van der Waals surface area (Å²) < 4.78 is 37.0. The summed E-state index contributed by atoms with van der Waals surface area (Å²) >= 11 is 0. The monoisotopic (exact) mass is 294 g/mol. The Balaban J connectivity index is 4.66. The molecule has 0 saturated carbocycles. The highest BCUT2D eigenvalue weighted by Gasteiger charge is 2.37. The molecule has 7 heteroatoms. The van der Waals surface area contributed by atoms with E-state index in [1.807, 2.05) is 6.92 Å². The van der Waals surface area contributed by atoms with Gasteiger partial charge in [0, 0.05) is 12.0 Å². The van der Waals surface area contributed by atoms with Crippen LogP contribution in [-0.2, 0) is 19.6 Å². The number of nitrogens with zero attached hydrogens (tertiary/aromatic N) is 1. The maximum atomic E-state index is 11.4. The molecule has 0 aromatic heterocycles. The lowest BCUT2D eigenvalue weighted by atomic mass is 10.3. The van der Waals surface area contributed by atoms with Gasteiger partial charge in [0.05, 0.1) is 14.1 Å². The van der Waals surface area contributed by atoms with Crippen molar-refractivity contribution in [3.8, 4) is 0 Å². The zero-order valence-corrected chi connectivity index (χ0v) is 12.9. The highest BCUT2D eigenvalue weighted by Crippen LogP contribution is 2.18. The van der Waals surface area contributed by atoms with Crippen LogP contribution in [-0.4, -0.2) is 56.0 Å². The summed E-state index contributed by atoms with van der Waals surface area (Å²) in [4.78, 5) is 11.2. The van der Waals surface area contributed by atoms with E-state index < -0.39 is 21.5 Å². The molecule has 0 spiro atoms. The fourth-order valence-electron chi connectivity index (χ4n) is 1.75. The van der Waals surface area contributed by atoms with Crippen molar-refractivity contribution in [2.24, 2.45) is 0 Å². The van der Waals surface area contributed by atoms with Crippen LogP contribution in [0.3, 0.4) is 0 Å². The van der Waals surface area contributed by atoms with Crippen LogP contribution in [0.2, 0.25) is 0 Å². The highest BCUT2D eigenvalue weighted by atomic mass is 32.2. The molecule has 0 fully saturated rings. The number of esters is 1. The summed E-state index contributed by atoms with van der Waals surface area (Å²) in [6.45, 7) is 7.22. The number of ether oxygens (including phenoxy) is 1. The lowest BCUT2D eigenvalue weighted by Gasteiger charge is -2.35. The Labute approximate surface area is 115 Å². The molecule has 0 rings (SSSR count). The zero-order valence-electron chi connectivity index (χ0n) is 12.0. The minimum absolute atomic E-state index is 0.0378. The Hall–Kier alpha value is -0.920. The first kappa shape index (κ1) is 18.1. The third kappa shape index (κ3) is 6.17. The Morgan fingerprint density at radius 3 is 2.32 bits per heavy atom. The van der Waals surface area contributed by atoms with Gasteiger partial charge in [-0.15, -0.1) is 0 Å². The molecule has 0 aliphatic rings. The van der Waals surface area contributed by atoms with Crippen molar-refractivity contribution >= 4 is 16.1 Å². The molecular weight excluding hydrogens is 270 g/mol. The minimum Gasteiger partial charge on any atom is -0.456 e. The molecule has 1 unspecified atom stereocenters. The summed E-state index contributed by atoms with van der Waals surface area (Å²) in [7, 11) is -0.771. The SMILES string of the molecule is C=C(C)C(=O)OCC[N+](C)(C)C(CCC)S(=O)(=O)O. The number of carbonyl (C=O) groups excluding carboxylic acids is 1. The third-order valence-electron chi connectivity index (χ3n) is 2.91. The van der Waals surface area contributed by atoms with E-state index in [-0.39, 0.29) is 11.1 Å². The van der Waals surface area contributed by atoms with Crippen LogP contribution < -0.4 is 0 Å². The quantitative estimate of drug-likeness (QED) is 0.315. The Morgan fingerprint density at radius 2 is 1.95 bits per heavy atom. The molecule has 0 heterocycles. The fourth-order valence-corrected chi connectivity index (χ4v) is 3.11. The van der Waals surface area contributed by atoms with E-state index in [2.05, 4.69) is 6.58 Å². The van der Waals surface area contributed by atoms with Crippen LogP contribution >= 0.6 is 0 Å². The van der Waals surface area contributed by atoms with Crippen molar-refractivity contribution in [3.05, 3.63) is 12.2 Å². The van der Waals surface area contributed by atoms with E-state index in [0.717, 1.165) is 0 Å². The topological polar surface area (TPSA) is 80.7 Å². The van der Waals surface area contributed by atoms with Crippen LogP contribution in [0.4, 0.5) is 0 Å². The molecule has 112 valence electrons. The van der Waals surface area contributed by atoms with Crippen molar-refractivity contribution in [1.29, 1.82) is 0 Å². The number of carbonyl (C=O) groups is 1. The van der Waals surface area contributed by atoms with Crippen LogP contribution in [0.15, 0.2) is 12.2 Å². The highest BCUT2D eigenvalue weighted by molar-refractivity contribution is 7.86. The number of hydrogen-bond donors (Lipinski definition) is 1. The van der Waals surface area contributed by atoms with Crippen molar-refractivity contribution in [1.82, 2.24) is 0 Å². The lowest BCUT2D eigenvalue weighted by molar-refractivity contribution is -0.902. The van der Waals surface area contributed by atoms with Crippen LogP contribution in [0, 0.1) is 0 Å². The van der Waals surface area contributed by atoms with Gasteiger partial charge in [0.15, 0.2) is 0 Å². The normalized spacial score (nSPS) is 13.9. The molecule has 1 atom stereocenters. The van der Waals surface area contributed by atoms with Gasteiger partial charge in [-0.05, 0) is 13.3 Å². The predicted molar refractivity (Wildman–Crippen MR) is 73.0 cm³/mol. The summed E-state index contributed by atoms with van der Waals surface area (Å²) in [5.41, 5.74) is 0.296. The van der Waals surface area contributed by atoms with Gasteiger partial charge in [0.1, 0.15) is 13.2 Å². The van der Waals surface area contributed by atoms with Crippen LogP contribution in [0.5, 0.6) is 0 Å². The largest absolute Gasteiger partial charge is 0.456 e. The second-order valence-electron chi connectivity index (χ2n) is 5.18. The van der Waals surface area contributed by atoms with E-state index in [9.17, 15) is 17.8 Å². The van der Waals surface area contributed by atoms with Crippen LogP contribution in [0.1, 0.15) is 26.7 Å². The Bertz CT molecular complexity index is 427. The van der Waals surface area contributed by atoms with Crippen molar-refractivity contribution in [2.45, 2.75) is 32.1 Å². The summed E-state index contributed by atoms with van der Waals surface area (Å²) in [6.07, 6.45) is 0.984. The molecule has 0 saturated heterocycles. The molecule has 0 aliphatic heterocycles. The molecule has 0 bridgehead atoms. The van der Waals surface area contributed by atoms with E-state index in [0.29, 0.717) is 25.0 Å². The van der Waals surface area contributed by atoms with Crippen LogP contribution in [0.25, 0.3) is 0 Å². The summed E-state index contributed by atoms with van der Waals surface area (Å²) in [5.74, 6) is -0.501. The first-order valence-corrected chi connectivity index (χ1v) is 7.64. The van der Waals surface area contributed by atoms with Crippen molar-refractivity contribution in [3.63, 3.8) is 0 Å². The van der Waals surface area contributed by atoms with E-state index >= 15 is 0 Å². The van der Waals surface area contributed by atoms with Gasteiger partial charge in [0.2, 0.25) is 5.37 Å². The third-order valence-corrected chi connectivity index (χ3v) is 4.40. The first-order chi connectivity index (χ1) is 8.52. The summed E-state index contributed by atoms with van der Waals surface area (Å²) in [6, 6.07) is 0. The lowest BCUT2D eigenvalue weighted by Crippen LogP contribution is -2.54. The molecule has 19 heavy (non-hydrogen) atoms. The number of rotatable bonds is 8. The van der Waals surface area contributed by atoms with E-state index in [1.165, 1.54) is 0 Å². The maximum Gasteiger partial charge on any atom is 0.333 e. The van der Waals surface area contributed by atoms with Gasteiger partial charge in [0.25, 0.3) is 0 Å². The molecular formula is C12H24NO5S+. The number of hydrogen-bond acceptors (Lipinski definition) is 4. The Morgan fingerprint density at radius 1 is 1.42 bits per heavy atom. The van der Waals surface area contributed by atoms with Gasteiger partial charge in [-0.25, -0.2) is 4.79 Å². The molecule has 6 nitrogen and oxygen atoms in total. The molecule has 1 N–H and O–H groups in total. The molecule has 0 amide bonds. The number of quaternary nitrogens is 1. The van der Waals surface area contributed by atoms with Gasteiger partial charge < -0.3 is 9.22 Å². The average Bonchev–Trinajstić information content (AvgIpc) is 2.23. The Kier molecular flexibility index (Phi) is 6.68. The smallest absolute Gasteiger partial charge is 0.333 e. The molecule has 0 radical (unpaired) electrons. The zero-order chi connectivity index (χ0) is 15.3.